The van der Waals surface area contributed by atoms with Crippen LogP contribution < -0.4 is 0 Å². The van der Waals surface area contributed by atoms with Gasteiger partial charge in [-0.1, -0.05) is 39.0 Å². The number of rotatable bonds is 6. The van der Waals surface area contributed by atoms with Crippen LogP contribution in [0.25, 0.3) is 0 Å². The summed E-state index contributed by atoms with van der Waals surface area (Å²) in [5.74, 6) is -0.239. The highest BCUT2D eigenvalue weighted by Crippen LogP contribution is 2.32. The van der Waals surface area contributed by atoms with Crippen molar-refractivity contribution in [2.24, 2.45) is 11.8 Å². The molecule has 3 heteroatoms. The molecule has 0 bridgehead atoms. The van der Waals surface area contributed by atoms with Crippen LogP contribution in [0.2, 0.25) is 0 Å². The average Bonchev–Trinajstić information content (AvgIpc) is 2.49. The Kier molecular flexibility index (Phi) is 6.34. The highest BCUT2D eigenvalue weighted by atomic mass is 16.4. The Bertz CT molecular complexity index is 291. The van der Waals surface area contributed by atoms with E-state index in [1.54, 1.807) is 0 Å². The number of nitrogens with zero attached hydrogens (tertiary/aromatic N) is 1. The zero-order valence-corrected chi connectivity index (χ0v) is 13.0. The van der Waals surface area contributed by atoms with Gasteiger partial charge in [-0.25, -0.2) is 0 Å². The lowest BCUT2D eigenvalue weighted by Gasteiger charge is -2.40. The molecule has 0 amide bonds. The van der Waals surface area contributed by atoms with E-state index in [4.69, 9.17) is 0 Å². The van der Waals surface area contributed by atoms with E-state index < -0.39 is 5.97 Å². The molecule has 1 unspecified atom stereocenters. The molecule has 116 valence electrons. The second-order valence-corrected chi connectivity index (χ2v) is 6.75. The predicted octanol–water partition coefficient (Wildman–Crippen LogP) is 3.92. The number of aliphatic carboxylic acids is 1. The Morgan fingerprint density at radius 3 is 2.35 bits per heavy atom. The first kappa shape index (κ1) is 15.8. The van der Waals surface area contributed by atoms with Gasteiger partial charge in [-0.15, -0.1) is 0 Å². The first-order chi connectivity index (χ1) is 9.72. The lowest BCUT2D eigenvalue weighted by molar-refractivity contribution is -0.144. The fourth-order valence-electron chi connectivity index (χ4n) is 4.12. The number of piperidine rings is 1. The number of hydrogen-bond donors (Lipinski definition) is 1. The molecule has 1 aliphatic heterocycles. The number of carboxylic acids is 1. The molecule has 0 aromatic rings. The average molecular weight is 281 g/mol. The first-order valence-corrected chi connectivity index (χ1v) is 8.69. The van der Waals surface area contributed by atoms with Gasteiger partial charge in [0.15, 0.2) is 0 Å². The molecule has 0 spiro atoms. The Labute approximate surface area is 123 Å². The lowest BCUT2D eigenvalue weighted by Crippen LogP contribution is -2.44. The van der Waals surface area contributed by atoms with Crippen LogP contribution in [0.4, 0.5) is 0 Å². The van der Waals surface area contributed by atoms with Crippen molar-refractivity contribution < 1.29 is 9.90 Å². The van der Waals surface area contributed by atoms with Crippen LogP contribution in [0.5, 0.6) is 0 Å². The van der Waals surface area contributed by atoms with Crippen LogP contribution in [0, 0.1) is 11.8 Å². The molecule has 1 atom stereocenters. The molecule has 1 saturated heterocycles. The Morgan fingerprint density at radius 1 is 1.15 bits per heavy atom. The topological polar surface area (TPSA) is 40.5 Å². The molecule has 20 heavy (non-hydrogen) atoms. The van der Waals surface area contributed by atoms with Crippen LogP contribution in [-0.4, -0.2) is 35.1 Å². The predicted molar refractivity (Wildman–Crippen MR) is 81.8 cm³/mol. The highest BCUT2D eigenvalue weighted by molar-refractivity contribution is 5.70. The Morgan fingerprint density at radius 2 is 1.80 bits per heavy atom. The highest BCUT2D eigenvalue weighted by Gasteiger charge is 2.32. The van der Waals surface area contributed by atoms with E-state index >= 15 is 0 Å². The van der Waals surface area contributed by atoms with Gasteiger partial charge in [0.05, 0.1) is 5.92 Å². The van der Waals surface area contributed by atoms with Crippen molar-refractivity contribution in [2.75, 3.05) is 13.1 Å². The number of hydrogen-bond acceptors (Lipinski definition) is 2. The van der Waals surface area contributed by atoms with Crippen molar-refractivity contribution in [3.63, 3.8) is 0 Å². The van der Waals surface area contributed by atoms with Crippen molar-refractivity contribution in [2.45, 2.75) is 77.2 Å². The van der Waals surface area contributed by atoms with Crippen LogP contribution in [0.1, 0.15) is 71.1 Å². The standard InChI is InChI=1S/C17H31NO2/c1-2-3-9-16(17(19)20)14-10-12-18(13-11-14)15-7-5-4-6-8-15/h14-16H,2-13H2,1H3,(H,19,20). The molecule has 1 N–H and O–H groups in total. The summed E-state index contributed by atoms with van der Waals surface area (Å²) >= 11 is 0. The van der Waals surface area contributed by atoms with Crippen LogP contribution in [0.3, 0.4) is 0 Å². The fraction of sp³-hybridized carbons (Fsp3) is 0.941. The van der Waals surface area contributed by atoms with Gasteiger partial charge in [0.25, 0.3) is 0 Å². The van der Waals surface area contributed by atoms with Gasteiger partial charge in [0.2, 0.25) is 0 Å². The molecule has 3 nitrogen and oxygen atoms in total. The van der Waals surface area contributed by atoms with Crippen molar-refractivity contribution in [1.82, 2.24) is 4.90 Å². The second kappa shape index (κ2) is 8.02. The third kappa shape index (κ3) is 4.21. The van der Waals surface area contributed by atoms with Crippen LogP contribution >= 0.6 is 0 Å². The van der Waals surface area contributed by atoms with E-state index in [0.29, 0.717) is 5.92 Å². The number of carboxylic acid groups (broad SMARTS) is 1. The summed E-state index contributed by atoms with van der Waals surface area (Å²) in [5.41, 5.74) is 0. The molecule has 0 radical (unpaired) electrons. The molecule has 2 rings (SSSR count). The van der Waals surface area contributed by atoms with Gasteiger partial charge >= 0.3 is 5.97 Å². The lowest BCUT2D eigenvalue weighted by atomic mass is 9.80. The second-order valence-electron chi connectivity index (χ2n) is 6.75. The molecule has 2 fully saturated rings. The van der Waals surface area contributed by atoms with E-state index in [1.807, 2.05) is 0 Å². The zero-order valence-electron chi connectivity index (χ0n) is 13.0. The molecular weight excluding hydrogens is 250 g/mol. The molecular formula is C17H31NO2. The third-order valence-corrected chi connectivity index (χ3v) is 5.42. The van der Waals surface area contributed by atoms with Crippen molar-refractivity contribution in [1.29, 1.82) is 0 Å². The van der Waals surface area contributed by atoms with E-state index in [9.17, 15) is 9.90 Å². The molecule has 0 aromatic heterocycles. The van der Waals surface area contributed by atoms with E-state index in [1.165, 1.54) is 32.1 Å². The van der Waals surface area contributed by atoms with E-state index in [2.05, 4.69) is 11.8 Å². The van der Waals surface area contributed by atoms with Gasteiger partial charge in [-0.3, -0.25) is 4.79 Å². The van der Waals surface area contributed by atoms with Crippen LogP contribution in [-0.2, 0) is 4.79 Å². The molecule has 2 aliphatic rings. The first-order valence-electron chi connectivity index (χ1n) is 8.69. The largest absolute Gasteiger partial charge is 0.481 e. The molecule has 1 aliphatic carbocycles. The summed E-state index contributed by atoms with van der Waals surface area (Å²) in [6, 6.07) is 0.795. The molecule has 1 heterocycles. The van der Waals surface area contributed by atoms with E-state index in [0.717, 1.165) is 51.2 Å². The van der Waals surface area contributed by atoms with E-state index in [-0.39, 0.29) is 5.92 Å². The number of carbonyl (C=O) groups is 1. The minimum Gasteiger partial charge on any atom is -0.481 e. The quantitative estimate of drug-likeness (QED) is 0.802. The normalized spacial score (nSPS) is 24.6. The Hall–Kier alpha value is -0.570. The molecule has 1 saturated carbocycles. The minimum absolute atomic E-state index is 0.0940. The third-order valence-electron chi connectivity index (χ3n) is 5.42. The van der Waals surface area contributed by atoms with Crippen molar-refractivity contribution in [3.05, 3.63) is 0 Å². The van der Waals surface area contributed by atoms with Gasteiger partial charge in [0.1, 0.15) is 0 Å². The summed E-state index contributed by atoms with van der Waals surface area (Å²) in [6.07, 6.45) is 12.1. The monoisotopic (exact) mass is 281 g/mol. The SMILES string of the molecule is CCCCC(C(=O)O)C1CCN(C2CCCCC2)CC1. The maximum absolute atomic E-state index is 11.5. The summed E-state index contributed by atoms with van der Waals surface area (Å²) in [6.45, 7) is 4.40. The summed E-state index contributed by atoms with van der Waals surface area (Å²) in [4.78, 5) is 14.1. The summed E-state index contributed by atoms with van der Waals surface area (Å²) in [7, 11) is 0. The minimum atomic E-state index is -0.561. The smallest absolute Gasteiger partial charge is 0.306 e. The van der Waals surface area contributed by atoms with Crippen LogP contribution in [0.15, 0.2) is 0 Å². The van der Waals surface area contributed by atoms with Crippen molar-refractivity contribution >= 4 is 5.97 Å². The van der Waals surface area contributed by atoms with Crippen molar-refractivity contribution in [3.8, 4) is 0 Å². The van der Waals surface area contributed by atoms with Gasteiger partial charge in [-0.05, 0) is 51.1 Å². The fourth-order valence-corrected chi connectivity index (χ4v) is 4.12. The summed E-state index contributed by atoms with van der Waals surface area (Å²) in [5, 5.41) is 9.45. The maximum atomic E-state index is 11.5. The molecule has 0 aromatic carbocycles. The van der Waals surface area contributed by atoms with Gasteiger partial charge in [0, 0.05) is 6.04 Å². The number of likely N-dealkylation sites (tertiary alicyclic amines) is 1. The maximum Gasteiger partial charge on any atom is 0.306 e. The van der Waals surface area contributed by atoms with Gasteiger partial charge in [-0.2, -0.15) is 0 Å². The Balaban J connectivity index is 1.80. The summed E-state index contributed by atoms with van der Waals surface area (Å²) < 4.78 is 0. The number of unbranched alkanes of at least 4 members (excludes halogenated alkanes) is 1. The zero-order chi connectivity index (χ0) is 14.4. The van der Waals surface area contributed by atoms with Gasteiger partial charge < -0.3 is 10.0 Å².